The molecule has 0 spiro atoms. The van der Waals surface area contributed by atoms with Crippen molar-refractivity contribution in [1.29, 1.82) is 0 Å². The summed E-state index contributed by atoms with van der Waals surface area (Å²) in [4.78, 5) is 25.5. The molecule has 10 heteroatoms. The lowest BCUT2D eigenvalue weighted by Crippen LogP contribution is -2.45. The number of hydrogen-bond donors (Lipinski definition) is 2. The van der Waals surface area contributed by atoms with Crippen molar-refractivity contribution in [2.75, 3.05) is 25.1 Å². The summed E-state index contributed by atoms with van der Waals surface area (Å²) in [6.07, 6.45) is -1.46. The van der Waals surface area contributed by atoms with Crippen molar-refractivity contribution in [1.82, 2.24) is 4.57 Å². The maximum atomic E-state index is 15.1. The zero-order valence-electron chi connectivity index (χ0n) is 15.8. The number of fused-ring (bicyclic) bond motifs is 1. The molecule has 0 bridgehead atoms. The highest BCUT2D eigenvalue weighted by molar-refractivity contribution is 5.97. The Balaban J connectivity index is 2.03. The van der Waals surface area contributed by atoms with Crippen LogP contribution in [0.15, 0.2) is 17.1 Å². The lowest BCUT2D eigenvalue weighted by molar-refractivity contribution is 0.0694. The Morgan fingerprint density at radius 3 is 2.55 bits per heavy atom. The number of aromatic carboxylic acids is 1. The van der Waals surface area contributed by atoms with Crippen LogP contribution in [0.25, 0.3) is 10.9 Å². The topological polar surface area (TPSA) is 97.8 Å². The molecule has 1 unspecified atom stereocenters. The summed E-state index contributed by atoms with van der Waals surface area (Å²) in [7, 11) is 1.25. The largest absolute Gasteiger partial charge is 0.492 e. The molecule has 1 aromatic heterocycles. The molecule has 0 amide bonds. The maximum absolute atomic E-state index is 15.1. The monoisotopic (exact) mass is 411 g/mol. The highest BCUT2D eigenvalue weighted by Crippen LogP contribution is 2.46. The number of carbonyl (C=O) groups is 1. The number of anilines is 1. The van der Waals surface area contributed by atoms with Crippen LogP contribution in [-0.4, -0.2) is 53.7 Å². The molecule has 1 aromatic carbocycles. The molecule has 4 atom stereocenters. The summed E-state index contributed by atoms with van der Waals surface area (Å²) < 4.78 is 49.9. The van der Waals surface area contributed by atoms with Crippen LogP contribution in [-0.2, 0) is 0 Å². The summed E-state index contributed by atoms with van der Waals surface area (Å²) >= 11 is 0. The first-order valence-electron chi connectivity index (χ1n) is 9.07. The van der Waals surface area contributed by atoms with Crippen molar-refractivity contribution in [2.24, 2.45) is 5.73 Å². The van der Waals surface area contributed by atoms with Gasteiger partial charge in [0.05, 0.1) is 36.1 Å². The number of ether oxygens (including phenoxy) is 1. The van der Waals surface area contributed by atoms with Gasteiger partial charge in [0.1, 0.15) is 23.6 Å². The lowest BCUT2D eigenvalue weighted by atomic mass is 10.0. The predicted octanol–water partition coefficient (Wildman–Crippen LogP) is 2.01. The van der Waals surface area contributed by atoms with Crippen LogP contribution in [0.5, 0.6) is 5.75 Å². The lowest BCUT2D eigenvalue weighted by Gasteiger charge is -2.25. The second-order valence-electron chi connectivity index (χ2n) is 7.89. The molecule has 2 aliphatic rings. The number of nitrogens with zero attached hydrogens (tertiary/aromatic N) is 2. The molecule has 2 heterocycles. The quantitative estimate of drug-likeness (QED) is 0.799. The van der Waals surface area contributed by atoms with E-state index in [9.17, 15) is 23.5 Å². The smallest absolute Gasteiger partial charge is 0.341 e. The Morgan fingerprint density at radius 2 is 2.07 bits per heavy atom. The van der Waals surface area contributed by atoms with E-state index >= 15 is 4.39 Å². The fourth-order valence-electron chi connectivity index (χ4n) is 3.93. The number of alkyl halides is 2. The van der Waals surface area contributed by atoms with Crippen LogP contribution < -0.4 is 20.8 Å². The number of nitrogens with two attached hydrogens (primary N) is 1. The van der Waals surface area contributed by atoms with Gasteiger partial charge in [-0.15, -0.1) is 0 Å². The first-order valence-corrected chi connectivity index (χ1v) is 9.07. The summed E-state index contributed by atoms with van der Waals surface area (Å²) in [5.41, 5.74) is 3.21. The van der Waals surface area contributed by atoms with E-state index in [1.54, 1.807) is 0 Å². The maximum Gasteiger partial charge on any atom is 0.341 e. The first-order chi connectivity index (χ1) is 13.6. The minimum atomic E-state index is -1.50. The van der Waals surface area contributed by atoms with Gasteiger partial charge in [-0.25, -0.2) is 18.0 Å². The van der Waals surface area contributed by atoms with Crippen molar-refractivity contribution >= 4 is 22.6 Å². The molecule has 156 valence electrons. The highest BCUT2D eigenvalue weighted by Gasteiger charge is 2.44. The zero-order valence-corrected chi connectivity index (χ0v) is 15.8. The third-order valence-electron chi connectivity index (χ3n) is 5.62. The van der Waals surface area contributed by atoms with Gasteiger partial charge in [0, 0.05) is 19.2 Å². The van der Waals surface area contributed by atoms with Crippen LogP contribution in [0.2, 0.25) is 0 Å². The van der Waals surface area contributed by atoms with E-state index < -0.39 is 46.7 Å². The average Bonchev–Trinajstić information content (AvgIpc) is 3.29. The van der Waals surface area contributed by atoms with E-state index in [2.05, 4.69) is 0 Å². The van der Waals surface area contributed by atoms with Crippen LogP contribution in [0.4, 0.5) is 18.9 Å². The number of pyridine rings is 1. The van der Waals surface area contributed by atoms with Gasteiger partial charge in [0.25, 0.3) is 0 Å². The number of carboxylic acid groups (broad SMARTS) is 1. The molecular formula is C19H20F3N3O4. The van der Waals surface area contributed by atoms with Crippen molar-refractivity contribution in [2.45, 2.75) is 37.3 Å². The second-order valence-corrected chi connectivity index (χ2v) is 7.89. The number of halogens is 3. The summed E-state index contributed by atoms with van der Waals surface area (Å²) in [5.74, 6) is -2.46. The van der Waals surface area contributed by atoms with Gasteiger partial charge < -0.3 is 25.0 Å². The Morgan fingerprint density at radius 1 is 1.41 bits per heavy atom. The first kappa shape index (κ1) is 19.6. The Bertz CT molecular complexity index is 1080. The average molecular weight is 411 g/mol. The molecule has 3 N–H and O–H groups in total. The minimum absolute atomic E-state index is 0.000437. The summed E-state index contributed by atoms with van der Waals surface area (Å²) in [6, 6.07) is 0.198. The molecular weight excluding hydrogens is 391 g/mol. The van der Waals surface area contributed by atoms with Gasteiger partial charge >= 0.3 is 5.97 Å². The van der Waals surface area contributed by atoms with Gasteiger partial charge in [0.2, 0.25) is 5.43 Å². The van der Waals surface area contributed by atoms with Crippen LogP contribution in [0.1, 0.15) is 29.7 Å². The molecule has 1 saturated heterocycles. The van der Waals surface area contributed by atoms with E-state index in [1.807, 2.05) is 0 Å². The number of rotatable bonds is 4. The van der Waals surface area contributed by atoms with Crippen molar-refractivity contribution < 1.29 is 27.8 Å². The third kappa shape index (κ3) is 2.93. The second kappa shape index (κ2) is 6.38. The van der Waals surface area contributed by atoms with Crippen LogP contribution >= 0.6 is 0 Å². The van der Waals surface area contributed by atoms with Gasteiger partial charge in [-0.05, 0) is 13.0 Å². The zero-order chi connectivity index (χ0) is 21.2. The molecule has 2 aromatic rings. The Labute approximate surface area is 163 Å². The number of methoxy groups -OCH3 is 1. The van der Waals surface area contributed by atoms with E-state index in [0.29, 0.717) is 0 Å². The van der Waals surface area contributed by atoms with E-state index in [1.165, 1.54) is 23.5 Å². The van der Waals surface area contributed by atoms with E-state index in [-0.39, 0.29) is 41.9 Å². The SMILES string of the molecule is COc1c(N2CC(F)[C@](C)(N)C2)c(F)cc2c(=O)c(C(=O)O)cn([C@@H]3C[C@@H]3F)c12. The molecule has 1 aliphatic heterocycles. The third-order valence-corrected chi connectivity index (χ3v) is 5.62. The van der Waals surface area contributed by atoms with Crippen molar-refractivity contribution in [3.63, 3.8) is 0 Å². The predicted molar refractivity (Wildman–Crippen MR) is 99.9 cm³/mol. The van der Waals surface area contributed by atoms with Gasteiger partial charge in [0.15, 0.2) is 11.6 Å². The minimum Gasteiger partial charge on any atom is -0.492 e. The van der Waals surface area contributed by atoms with E-state index in [0.717, 1.165) is 12.3 Å². The number of carboxylic acids is 1. The normalized spacial score (nSPS) is 28.8. The van der Waals surface area contributed by atoms with Crippen molar-refractivity contribution in [3.8, 4) is 5.75 Å². The molecule has 2 fully saturated rings. The summed E-state index contributed by atoms with van der Waals surface area (Å²) in [5, 5.41) is 9.09. The fourth-order valence-corrected chi connectivity index (χ4v) is 3.93. The van der Waals surface area contributed by atoms with Crippen molar-refractivity contribution in [3.05, 3.63) is 33.9 Å². The van der Waals surface area contributed by atoms with E-state index in [4.69, 9.17) is 10.5 Å². The van der Waals surface area contributed by atoms with Crippen LogP contribution in [0.3, 0.4) is 0 Å². The molecule has 4 rings (SSSR count). The number of hydrogen-bond acceptors (Lipinski definition) is 5. The molecule has 7 nitrogen and oxygen atoms in total. The summed E-state index contributed by atoms with van der Waals surface area (Å²) in [6.45, 7) is 1.33. The van der Waals surface area contributed by atoms with Gasteiger partial charge in [-0.1, -0.05) is 0 Å². The molecule has 29 heavy (non-hydrogen) atoms. The molecule has 1 saturated carbocycles. The standard InChI is InChI=1S/C19H20F3N3O4/c1-19(23)7-24(6-13(19)22)15-11(21)3-8-14(17(15)29-2)25(12-4-10(12)20)5-9(16(8)26)18(27)28/h3,5,10,12-13H,4,6-7,23H2,1-2H3,(H,27,28)/t10-,12+,13?,19+/m0/s1. The fraction of sp³-hybridized carbons (Fsp3) is 0.474. The molecule has 1 aliphatic carbocycles. The number of benzene rings is 1. The highest BCUT2D eigenvalue weighted by atomic mass is 19.1. The molecule has 0 radical (unpaired) electrons. The number of aromatic nitrogens is 1. The van der Waals surface area contributed by atoms with Gasteiger partial charge in [-0.2, -0.15) is 0 Å². The van der Waals surface area contributed by atoms with Gasteiger partial charge in [-0.3, -0.25) is 4.79 Å². The van der Waals surface area contributed by atoms with Crippen LogP contribution in [0, 0.1) is 5.82 Å². The Kier molecular flexibility index (Phi) is 4.30. The Hall–Kier alpha value is -2.75.